The first-order valence-corrected chi connectivity index (χ1v) is 6.61. The smallest absolute Gasteiger partial charge is 0.338 e. The maximum Gasteiger partial charge on any atom is 0.338 e. The van der Waals surface area contributed by atoms with E-state index in [1.807, 2.05) is 12.1 Å². The fourth-order valence-electron chi connectivity index (χ4n) is 1.51. The Kier molecular flexibility index (Phi) is 9.06. The summed E-state index contributed by atoms with van der Waals surface area (Å²) < 4.78 is 6.10. The van der Waals surface area contributed by atoms with Gasteiger partial charge in [-0.3, -0.25) is 0 Å². The van der Waals surface area contributed by atoms with Crippen molar-refractivity contribution in [1.82, 2.24) is 4.90 Å². The molecule has 0 aliphatic rings. The van der Waals surface area contributed by atoms with Gasteiger partial charge < -0.3 is 9.64 Å². The summed E-state index contributed by atoms with van der Waals surface area (Å²) in [4.78, 5) is 13.9. The summed E-state index contributed by atoms with van der Waals surface area (Å²) in [5, 5.41) is 0. The van der Waals surface area contributed by atoms with Crippen molar-refractivity contribution in [3.8, 4) is 0 Å². The topological polar surface area (TPSA) is 29.5 Å². The molecule has 0 N–H and O–H groups in total. The van der Waals surface area contributed by atoms with E-state index < -0.39 is 0 Å². The van der Waals surface area contributed by atoms with Gasteiger partial charge >= 0.3 is 5.97 Å². The van der Waals surface area contributed by atoms with Crippen LogP contribution in [-0.4, -0.2) is 37.1 Å². The van der Waals surface area contributed by atoms with Gasteiger partial charge in [0.1, 0.15) is 6.61 Å². The number of nitrogens with zero attached hydrogens (tertiary/aromatic N) is 1. The summed E-state index contributed by atoms with van der Waals surface area (Å²) in [5.41, 5.74) is 0.582. The van der Waals surface area contributed by atoms with Crippen LogP contribution >= 0.6 is 28.3 Å². The molecule has 0 amide bonds. The summed E-state index contributed by atoms with van der Waals surface area (Å²) >= 11 is 3.33. The third-order valence-corrected chi connectivity index (χ3v) is 3.09. The Morgan fingerprint density at radius 3 is 2.56 bits per heavy atom. The second kappa shape index (κ2) is 9.36. The van der Waals surface area contributed by atoms with E-state index in [-0.39, 0.29) is 18.4 Å². The number of halogens is 2. The van der Waals surface area contributed by atoms with Crippen LogP contribution in [0.4, 0.5) is 0 Å². The molecule has 0 saturated carbocycles. The lowest BCUT2D eigenvalue weighted by atomic mass is 10.2. The third-order valence-electron chi connectivity index (χ3n) is 2.60. The van der Waals surface area contributed by atoms with E-state index >= 15 is 0 Å². The Morgan fingerprint density at radius 2 is 2.00 bits per heavy atom. The average molecular weight is 337 g/mol. The molecule has 0 radical (unpaired) electrons. The van der Waals surface area contributed by atoms with Crippen molar-refractivity contribution in [2.24, 2.45) is 0 Å². The fourth-order valence-corrected chi connectivity index (χ4v) is 1.91. The molecule has 0 bridgehead atoms. The Bertz CT molecular complexity index is 370. The van der Waals surface area contributed by atoms with Crippen LogP contribution < -0.4 is 0 Å². The van der Waals surface area contributed by atoms with Crippen molar-refractivity contribution < 1.29 is 9.53 Å². The second-order valence-electron chi connectivity index (χ2n) is 3.67. The number of benzene rings is 1. The number of hydrogen-bond donors (Lipinski definition) is 0. The van der Waals surface area contributed by atoms with E-state index in [9.17, 15) is 4.79 Å². The SMILES string of the molecule is CCN(CC)CCOC(=O)c1cccc(Br)c1.Cl. The highest BCUT2D eigenvalue weighted by molar-refractivity contribution is 9.10. The molecule has 1 aromatic rings. The molecule has 0 spiro atoms. The van der Waals surface area contributed by atoms with E-state index in [0.29, 0.717) is 12.2 Å². The van der Waals surface area contributed by atoms with E-state index in [2.05, 4.69) is 34.7 Å². The van der Waals surface area contributed by atoms with E-state index in [1.54, 1.807) is 12.1 Å². The maximum absolute atomic E-state index is 11.7. The Morgan fingerprint density at radius 1 is 1.33 bits per heavy atom. The van der Waals surface area contributed by atoms with Gasteiger partial charge in [0.25, 0.3) is 0 Å². The van der Waals surface area contributed by atoms with Crippen molar-refractivity contribution in [1.29, 1.82) is 0 Å². The molecular weight excluding hydrogens is 318 g/mol. The molecule has 0 saturated heterocycles. The standard InChI is InChI=1S/C13H18BrNO2.ClH/c1-3-15(4-2)8-9-17-13(16)11-6-5-7-12(14)10-11;/h5-7,10H,3-4,8-9H2,1-2H3;1H. The zero-order valence-corrected chi connectivity index (χ0v) is 13.1. The molecule has 0 atom stereocenters. The van der Waals surface area contributed by atoms with Crippen molar-refractivity contribution in [3.05, 3.63) is 34.3 Å². The zero-order chi connectivity index (χ0) is 12.7. The van der Waals surface area contributed by atoms with Crippen molar-refractivity contribution >= 4 is 34.3 Å². The van der Waals surface area contributed by atoms with Crippen LogP contribution in [0.5, 0.6) is 0 Å². The summed E-state index contributed by atoms with van der Waals surface area (Å²) in [6.45, 7) is 7.37. The lowest BCUT2D eigenvalue weighted by molar-refractivity contribution is 0.0466. The number of carbonyl (C=O) groups is 1. The van der Waals surface area contributed by atoms with Crippen molar-refractivity contribution in [3.63, 3.8) is 0 Å². The summed E-state index contributed by atoms with van der Waals surface area (Å²) in [6, 6.07) is 7.22. The van der Waals surface area contributed by atoms with Crippen molar-refractivity contribution in [2.45, 2.75) is 13.8 Å². The Labute approximate surface area is 123 Å². The Balaban J connectivity index is 0.00000289. The summed E-state index contributed by atoms with van der Waals surface area (Å²) in [5.74, 6) is -0.265. The van der Waals surface area contributed by atoms with Gasteiger partial charge in [-0.2, -0.15) is 0 Å². The van der Waals surface area contributed by atoms with Crippen LogP contribution in [0.1, 0.15) is 24.2 Å². The lowest BCUT2D eigenvalue weighted by Crippen LogP contribution is -2.27. The van der Waals surface area contributed by atoms with Gasteiger partial charge in [0.05, 0.1) is 5.56 Å². The van der Waals surface area contributed by atoms with Gasteiger partial charge in [-0.05, 0) is 31.3 Å². The summed E-state index contributed by atoms with van der Waals surface area (Å²) in [7, 11) is 0. The average Bonchev–Trinajstić information content (AvgIpc) is 2.34. The first kappa shape index (κ1) is 17.4. The lowest BCUT2D eigenvalue weighted by Gasteiger charge is -2.17. The van der Waals surface area contributed by atoms with Crippen LogP contribution in [0.2, 0.25) is 0 Å². The second-order valence-corrected chi connectivity index (χ2v) is 4.59. The first-order valence-electron chi connectivity index (χ1n) is 5.82. The maximum atomic E-state index is 11.7. The van der Waals surface area contributed by atoms with Gasteiger partial charge in [-0.25, -0.2) is 4.79 Å². The number of hydrogen-bond acceptors (Lipinski definition) is 3. The monoisotopic (exact) mass is 335 g/mol. The molecule has 18 heavy (non-hydrogen) atoms. The molecule has 1 rings (SSSR count). The highest BCUT2D eigenvalue weighted by Crippen LogP contribution is 2.12. The van der Waals surface area contributed by atoms with Crippen LogP contribution in [0, 0.1) is 0 Å². The van der Waals surface area contributed by atoms with Gasteiger partial charge in [0, 0.05) is 11.0 Å². The number of esters is 1. The molecule has 0 aromatic heterocycles. The largest absolute Gasteiger partial charge is 0.461 e. The highest BCUT2D eigenvalue weighted by Gasteiger charge is 2.07. The number of ether oxygens (including phenoxy) is 1. The van der Waals surface area contributed by atoms with Gasteiger partial charge in [0.15, 0.2) is 0 Å². The molecular formula is C13H19BrClNO2. The highest BCUT2D eigenvalue weighted by atomic mass is 79.9. The number of rotatable bonds is 6. The molecule has 0 unspecified atom stereocenters. The predicted molar refractivity (Wildman–Crippen MR) is 79.5 cm³/mol. The molecule has 0 aliphatic carbocycles. The van der Waals surface area contributed by atoms with Gasteiger partial charge in [-0.1, -0.05) is 35.8 Å². The number of carbonyl (C=O) groups excluding carboxylic acids is 1. The zero-order valence-electron chi connectivity index (χ0n) is 10.7. The van der Waals surface area contributed by atoms with E-state index in [0.717, 1.165) is 24.1 Å². The molecule has 3 nitrogen and oxygen atoms in total. The molecule has 1 aromatic carbocycles. The molecule has 5 heteroatoms. The van der Waals surface area contributed by atoms with E-state index in [1.165, 1.54) is 0 Å². The summed E-state index contributed by atoms with van der Waals surface area (Å²) in [6.07, 6.45) is 0. The predicted octanol–water partition coefficient (Wildman–Crippen LogP) is 3.37. The van der Waals surface area contributed by atoms with Gasteiger partial charge in [-0.15, -0.1) is 12.4 Å². The van der Waals surface area contributed by atoms with Crippen LogP contribution in [0.15, 0.2) is 28.7 Å². The minimum Gasteiger partial charge on any atom is -0.461 e. The molecule has 102 valence electrons. The molecule has 0 heterocycles. The molecule has 0 aliphatic heterocycles. The third kappa shape index (κ3) is 5.85. The fraction of sp³-hybridized carbons (Fsp3) is 0.462. The van der Waals surface area contributed by atoms with Crippen LogP contribution in [0.25, 0.3) is 0 Å². The number of likely N-dealkylation sites (N-methyl/N-ethyl adjacent to an activating group) is 1. The normalized spacial score (nSPS) is 10.0. The quantitative estimate of drug-likeness (QED) is 0.746. The van der Waals surface area contributed by atoms with Crippen LogP contribution in [0.3, 0.4) is 0 Å². The van der Waals surface area contributed by atoms with E-state index in [4.69, 9.17) is 4.74 Å². The minimum atomic E-state index is -0.265. The minimum absolute atomic E-state index is 0. The Hall–Kier alpha value is -0.580. The first-order chi connectivity index (χ1) is 8.17. The van der Waals surface area contributed by atoms with Gasteiger partial charge in [0.2, 0.25) is 0 Å². The van der Waals surface area contributed by atoms with Crippen LogP contribution in [-0.2, 0) is 4.74 Å². The molecule has 0 fully saturated rings. The van der Waals surface area contributed by atoms with Crippen molar-refractivity contribution in [2.75, 3.05) is 26.2 Å².